The van der Waals surface area contributed by atoms with E-state index in [0.29, 0.717) is 0 Å². The van der Waals surface area contributed by atoms with Crippen LogP contribution in [0.3, 0.4) is 0 Å². The Labute approximate surface area is 104 Å². The van der Waals surface area contributed by atoms with Crippen molar-refractivity contribution < 1.29 is 22.7 Å². The maximum Gasteiger partial charge on any atom is 0.310 e. The molecule has 0 aliphatic carbocycles. The Balaban J connectivity index is 3.04. The van der Waals surface area contributed by atoms with Gasteiger partial charge in [0.05, 0.1) is 13.0 Å². The quantitative estimate of drug-likeness (QED) is 0.634. The fourth-order valence-electron chi connectivity index (χ4n) is 1.22. The number of carbonyl (C=O) groups excluding carboxylic acids is 1. The minimum atomic E-state index is -2.88. The van der Waals surface area contributed by atoms with Gasteiger partial charge < -0.3 is 4.74 Å². The molecular weight excluding hydrogens is 303 g/mol. The molecule has 1 heterocycles. The Bertz CT molecular complexity index is 426. The van der Waals surface area contributed by atoms with Crippen LogP contribution in [0.1, 0.15) is 24.6 Å². The number of rotatable bonds is 4. The maximum atomic E-state index is 13.2. The van der Waals surface area contributed by atoms with E-state index in [1.807, 2.05) is 0 Å². The van der Waals surface area contributed by atoms with E-state index >= 15 is 0 Å². The highest BCUT2D eigenvalue weighted by atomic mass is 79.9. The highest BCUT2D eigenvalue weighted by Crippen LogP contribution is 2.25. The molecule has 1 rings (SSSR count). The van der Waals surface area contributed by atoms with Crippen molar-refractivity contribution in [1.29, 1.82) is 0 Å². The number of ether oxygens (including phenoxy) is 1. The standard InChI is InChI=1S/C10H9BrF3NO2/c1-2-17-7(16)4-5-3-6(12)9(11)15-8(5)10(13)14/h3,10H,2,4H2,1H3. The number of halogens is 4. The van der Waals surface area contributed by atoms with Gasteiger partial charge in [-0.15, -0.1) is 0 Å². The van der Waals surface area contributed by atoms with Gasteiger partial charge in [0.1, 0.15) is 10.3 Å². The molecule has 0 aliphatic heterocycles. The molecule has 17 heavy (non-hydrogen) atoms. The average Bonchev–Trinajstić information content (AvgIpc) is 2.23. The van der Waals surface area contributed by atoms with Crippen LogP contribution >= 0.6 is 15.9 Å². The Morgan fingerprint density at radius 3 is 2.76 bits per heavy atom. The Hall–Kier alpha value is -1.11. The van der Waals surface area contributed by atoms with E-state index in [1.54, 1.807) is 6.92 Å². The number of hydrogen-bond acceptors (Lipinski definition) is 3. The summed E-state index contributed by atoms with van der Waals surface area (Å²) in [5, 5.41) is 0. The predicted molar refractivity (Wildman–Crippen MR) is 57.2 cm³/mol. The van der Waals surface area contributed by atoms with Gasteiger partial charge in [-0.3, -0.25) is 4.79 Å². The van der Waals surface area contributed by atoms with Gasteiger partial charge in [-0.25, -0.2) is 18.2 Å². The lowest BCUT2D eigenvalue weighted by Gasteiger charge is -2.08. The number of esters is 1. The van der Waals surface area contributed by atoms with Crippen LogP contribution in [0.25, 0.3) is 0 Å². The number of alkyl halides is 2. The number of pyridine rings is 1. The minimum absolute atomic E-state index is 0.134. The smallest absolute Gasteiger partial charge is 0.310 e. The molecule has 7 heteroatoms. The molecule has 94 valence electrons. The van der Waals surface area contributed by atoms with E-state index in [0.717, 1.165) is 6.07 Å². The van der Waals surface area contributed by atoms with Gasteiger partial charge in [0, 0.05) is 0 Å². The molecule has 0 saturated heterocycles. The van der Waals surface area contributed by atoms with E-state index in [2.05, 4.69) is 25.7 Å². The van der Waals surface area contributed by atoms with E-state index < -0.39 is 30.3 Å². The summed E-state index contributed by atoms with van der Waals surface area (Å²) >= 11 is 2.71. The van der Waals surface area contributed by atoms with E-state index in [4.69, 9.17) is 0 Å². The first-order valence-electron chi connectivity index (χ1n) is 4.74. The molecule has 0 bridgehead atoms. The Morgan fingerprint density at radius 2 is 2.24 bits per heavy atom. The largest absolute Gasteiger partial charge is 0.466 e. The number of hydrogen-bond donors (Lipinski definition) is 0. The lowest BCUT2D eigenvalue weighted by molar-refractivity contribution is -0.142. The average molecular weight is 312 g/mol. The lowest BCUT2D eigenvalue weighted by Crippen LogP contribution is -2.11. The van der Waals surface area contributed by atoms with Crippen LogP contribution in [-0.4, -0.2) is 17.6 Å². The minimum Gasteiger partial charge on any atom is -0.466 e. The molecular formula is C10H9BrF3NO2. The van der Waals surface area contributed by atoms with E-state index in [1.165, 1.54) is 0 Å². The van der Waals surface area contributed by atoms with Crippen LogP contribution in [-0.2, 0) is 16.0 Å². The fourth-order valence-corrected chi connectivity index (χ4v) is 1.52. The zero-order valence-electron chi connectivity index (χ0n) is 8.84. The van der Waals surface area contributed by atoms with Crippen LogP contribution in [0.2, 0.25) is 0 Å². The van der Waals surface area contributed by atoms with Crippen molar-refractivity contribution >= 4 is 21.9 Å². The van der Waals surface area contributed by atoms with Gasteiger partial charge in [0.2, 0.25) is 0 Å². The topological polar surface area (TPSA) is 39.2 Å². The molecule has 1 aromatic rings. The molecule has 1 aromatic heterocycles. The van der Waals surface area contributed by atoms with Crippen molar-refractivity contribution in [3.8, 4) is 0 Å². The van der Waals surface area contributed by atoms with Gasteiger partial charge in [0.25, 0.3) is 6.43 Å². The number of nitrogens with zero attached hydrogens (tertiary/aromatic N) is 1. The zero-order valence-corrected chi connectivity index (χ0v) is 10.4. The Morgan fingerprint density at radius 1 is 1.59 bits per heavy atom. The summed E-state index contributed by atoms with van der Waals surface area (Å²) in [5.74, 6) is -1.49. The predicted octanol–water partition coefficient (Wildman–Crippen LogP) is 3.03. The van der Waals surface area contributed by atoms with Crippen LogP contribution in [0.15, 0.2) is 10.7 Å². The highest BCUT2D eigenvalue weighted by molar-refractivity contribution is 9.10. The van der Waals surface area contributed by atoms with Crippen molar-refractivity contribution in [2.75, 3.05) is 6.61 Å². The summed E-state index contributed by atoms with van der Waals surface area (Å²) in [6.45, 7) is 1.72. The first-order valence-corrected chi connectivity index (χ1v) is 5.53. The monoisotopic (exact) mass is 311 g/mol. The third kappa shape index (κ3) is 3.69. The summed E-state index contributed by atoms with van der Waals surface area (Å²) in [6.07, 6.45) is -3.30. The maximum absolute atomic E-state index is 13.2. The van der Waals surface area contributed by atoms with Gasteiger partial charge in [-0.05, 0) is 34.5 Å². The van der Waals surface area contributed by atoms with E-state index in [9.17, 15) is 18.0 Å². The molecule has 0 aromatic carbocycles. The van der Waals surface area contributed by atoms with Gasteiger partial charge in [-0.1, -0.05) is 0 Å². The van der Waals surface area contributed by atoms with Crippen LogP contribution < -0.4 is 0 Å². The molecule has 0 spiro atoms. The molecule has 0 N–H and O–H groups in total. The SMILES string of the molecule is CCOC(=O)Cc1cc(F)c(Br)nc1C(F)F. The summed E-state index contributed by atoms with van der Waals surface area (Å²) in [4.78, 5) is 14.5. The third-order valence-corrected chi connectivity index (χ3v) is 2.45. The van der Waals surface area contributed by atoms with Crippen molar-refractivity contribution in [2.24, 2.45) is 0 Å². The third-order valence-electron chi connectivity index (χ3n) is 1.89. The van der Waals surface area contributed by atoms with Gasteiger partial charge in [-0.2, -0.15) is 0 Å². The fraction of sp³-hybridized carbons (Fsp3) is 0.400. The van der Waals surface area contributed by atoms with Crippen molar-refractivity contribution in [2.45, 2.75) is 19.8 Å². The molecule has 0 atom stereocenters. The molecule has 0 aliphatic rings. The first kappa shape index (κ1) is 14.0. The van der Waals surface area contributed by atoms with Crippen molar-refractivity contribution in [3.05, 3.63) is 27.7 Å². The van der Waals surface area contributed by atoms with Crippen LogP contribution in [0.5, 0.6) is 0 Å². The van der Waals surface area contributed by atoms with Gasteiger partial charge in [0.15, 0.2) is 5.82 Å². The molecule has 0 radical (unpaired) electrons. The summed E-state index contributed by atoms with van der Waals surface area (Å²) in [6, 6.07) is 0.857. The van der Waals surface area contributed by atoms with Crippen molar-refractivity contribution in [3.63, 3.8) is 0 Å². The van der Waals surface area contributed by atoms with E-state index in [-0.39, 0.29) is 16.8 Å². The normalized spacial score (nSPS) is 10.7. The second-order valence-corrected chi connectivity index (χ2v) is 3.84. The van der Waals surface area contributed by atoms with Gasteiger partial charge >= 0.3 is 5.97 Å². The van der Waals surface area contributed by atoms with Crippen LogP contribution in [0.4, 0.5) is 13.2 Å². The first-order chi connectivity index (χ1) is 7.95. The number of aromatic nitrogens is 1. The second-order valence-electron chi connectivity index (χ2n) is 3.09. The molecule has 0 fully saturated rings. The Kier molecular flexibility index (Phi) is 4.92. The lowest BCUT2D eigenvalue weighted by atomic mass is 10.1. The summed E-state index contributed by atoms with van der Waals surface area (Å²) in [5.41, 5.74) is -0.787. The molecule has 0 amide bonds. The summed E-state index contributed by atoms with van der Waals surface area (Å²) in [7, 11) is 0. The molecule has 3 nitrogen and oxygen atoms in total. The van der Waals surface area contributed by atoms with Crippen molar-refractivity contribution in [1.82, 2.24) is 4.98 Å². The molecule has 0 saturated carbocycles. The second kappa shape index (κ2) is 6.00. The van der Waals surface area contributed by atoms with Crippen LogP contribution in [0, 0.1) is 5.82 Å². The zero-order chi connectivity index (χ0) is 13.0. The summed E-state index contributed by atoms with van der Waals surface area (Å²) < 4.78 is 42.7. The highest BCUT2D eigenvalue weighted by Gasteiger charge is 2.20. The molecule has 0 unspecified atom stereocenters. The number of carbonyl (C=O) groups is 1.